The van der Waals surface area contributed by atoms with Crippen molar-refractivity contribution in [2.24, 2.45) is 0 Å². The van der Waals surface area contributed by atoms with Crippen LogP contribution in [0.25, 0.3) is 0 Å². The predicted octanol–water partition coefficient (Wildman–Crippen LogP) is 2.04. The van der Waals surface area contributed by atoms with Crippen LogP contribution < -0.4 is 5.73 Å². The lowest BCUT2D eigenvalue weighted by molar-refractivity contribution is 0.573. The largest absolute Gasteiger partial charge is 0.368 e. The Morgan fingerprint density at radius 2 is 2.00 bits per heavy atom. The first-order chi connectivity index (χ1) is 8.58. The number of rotatable bonds is 3. The zero-order valence-corrected chi connectivity index (χ0v) is 10.3. The Labute approximate surface area is 107 Å². The number of nitrogens with zero attached hydrogens (tertiary/aromatic N) is 3. The Morgan fingerprint density at radius 1 is 1.22 bits per heavy atom. The van der Waals surface area contributed by atoms with Crippen LogP contribution in [0.4, 0.5) is 14.7 Å². The van der Waals surface area contributed by atoms with Crippen LogP contribution in [0.15, 0.2) is 23.4 Å². The average molecular weight is 268 g/mol. The summed E-state index contributed by atoms with van der Waals surface area (Å²) in [6.07, 6.45) is 1.95. The fraction of sp³-hybridized carbons (Fsp3) is 0.182. The molecule has 1 aromatic heterocycles. The lowest BCUT2D eigenvalue weighted by Gasteiger charge is -2.04. The molecule has 1 aromatic carbocycles. The molecule has 0 saturated heterocycles. The summed E-state index contributed by atoms with van der Waals surface area (Å²) in [6.45, 7) is 0. The van der Waals surface area contributed by atoms with Gasteiger partial charge in [0, 0.05) is 12.5 Å². The molecule has 18 heavy (non-hydrogen) atoms. The van der Waals surface area contributed by atoms with Crippen molar-refractivity contribution in [3.63, 3.8) is 0 Å². The van der Waals surface area contributed by atoms with Crippen LogP contribution in [0, 0.1) is 11.6 Å². The van der Waals surface area contributed by atoms with Gasteiger partial charge in [-0.1, -0.05) is 17.8 Å². The zero-order valence-electron chi connectivity index (χ0n) is 9.52. The van der Waals surface area contributed by atoms with Crippen molar-refractivity contribution in [1.82, 2.24) is 15.0 Å². The Kier molecular flexibility index (Phi) is 3.71. The van der Waals surface area contributed by atoms with E-state index >= 15 is 0 Å². The summed E-state index contributed by atoms with van der Waals surface area (Å²) < 4.78 is 26.2. The number of nitrogens with two attached hydrogens (primary N) is 1. The maximum absolute atomic E-state index is 13.5. The molecular formula is C11H10F2N4S. The fourth-order valence-corrected chi connectivity index (χ4v) is 1.80. The van der Waals surface area contributed by atoms with Crippen molar-refractivity contribution in [2.45, 2.75) is 11.6 Å². The van der Waals surface area contributed by atoms with E-state index < -0.39 is 11.6 Å². The summed E-state index contributed by atoms with van der Waals surface area (Å²) in [5.41, 5.74) is 5.84. The Balaban J connectivity index is 2.30. The van der Waals surface area contributed by atoms with E-state index in [0.29, 0.717) is 16.5 Å². The number of halogens is 2. The molecule has 7 heteroatoms. The molecule has 1 heterocycles. The van der Waals surface area contributed by atoms with Gasteiger partial charge in [-0.15, -0.1) is 0 Å². The first kappa shape index (κ1) is 12.7. The third kappa shape index (κ3) is 2.92. The van der Waals surface area contributed by atoms with Gasteiger partial charge in [0.25, 0.3) is 0 Å². The van der Waals surface area contributed by atoms with Crippen molar-refractivity contribution < 1.29 is 8.78 Å². The van der Waals surface area contributed by atoms with Gasteiger partial charge in [0.05, 0.1) is 0 Å². The van der Waals surface area contributed by atoms with E-state index in [1.54, 1.807) is 6.26 Å². The highest BCUT2D eigenvalue weighted by atomic mass is 32.2. The molecule has 4 nitrogen and oxygen atoms in total. The van der Waals surface area contributed by atoms with Gasteiger partial charge in [-0.2, -0.15) is 9.97 Å². The summed E-state index contributed by atoms with van der Waals surface area (Å²) in [6, 6.07) is 3.39. The second-order valence-corrected chi connectivity index (χ2v) is 4.28. The predicted molar refractivity (Wildman–Crippen MR) is 65.2 cm³/mol. The van der Waals surface area contributed by atoms with Crippen LogP contribution in [0.1, 0.15) is 11.4 Å². The first-order valence-electron chi connectivity index (χ1n) is 5.07. The lowest BCUT2D eigenvalue weighted by atomic mass is 10.1. The summed E-state index contributed by atoms with van der Waals surface area (Å²) in [7, 11) is 0. The average Bonchev–Trinajstić information content (AvgIpc) is 2.32. The van der Waals surface area contributed by atoms with Gasteiger partial charge in [-0.3, -0.25) is 0 Å². The number of benzene rings is 1. The number of aromatic nitrogens is 3. The zero-order chi connectivity index (χ0) is 13.1. The standard InChI is InChI=1S/C11H10F2N4S/c1-18-11-16-9(15-10(14)17-11)4-6-2-3-7(12)5-8(6)13/h2-3,5H,4H2,1H3,(H2,14,15,16,17). The highest BCUT2D eigenvalue weighted by molar-refractivity contribution is 7.98. The Bertz CT molecular complexity index is 577. The molecule has 0 spiro atoms. The summed E-state index contributed by atoms with van der Waals surface area (Å²) in [5.74, 6) is -0.792. The second kappa shape index (κ2) is 5.26. The number of nitrogen functional groups attached to an aromatic ring is 1. The van der Waals surface area contributed by atoms with Crippen molar-refractivity contribution in [3.05, 3.63) is 41.2 Å². The van der Waals surface area contributed by atoms with E-state index in [9.17, 15) is 8.78 Å². The number of hydrogen-bond acceptors (Lipinski definition) is 5. The maximum Gasteiger partial charge on any atom is 0.224 e. The van der Waals surface area contributed by atoms with Gasteiger partial charge in [-0.05, 0) is 17.9 Å². The molecule has 0 amide bonds. The smallest absolute Gasteiger partial charge is 0.224 e. The molecule has 2 rings (SSSR count). The van der Waals surface area contributed by atoms with Gasteiger partial charge in [0.1, 0.15) is 17.5 Å². The van der Waals surface area contributed by atoms with Crippen molar-refractivity contribution in [1.29, 1.82) is 0 Å². The molecule has 0 aliphatic heterocycles. The van der Waals surface area contributed by atoms with E-state index in [1.165, 1.54) is 23.9 Å². The van der Waals surface area contributed by atoms with Gasteiger partial charge in [0.2, 0.25) is 5.95 Å². The highest BCUT2D eigenvalue weighted by Gasteiger charge is 2.09. The monoisotopic (exact) mass is 268 g/mol. The molecule has 94 valence electrons. The molecule has 0 fully saturated rings. The van der Waals surface area contributed by atoms with Crippen LogP contribution in [-0.4, -0.2) is 21.2 Å². The highest BCUT2D eigenvalue weighted by Crippen LogP contribution is 2.15. The van der Waals surface area contributed by atoms with Crippen LogP contribution in [0.3, 0.4) is 0 Å². The quantitative estimate of drug-likeness (QED) is 0.863. The van der Waals surface area contributed by atoms with E-state index in [4.69, 9.17) is 5.73 Å². The van der Waals surface area contributed by atoms with Gasteiger partial charge in [0.15, 0.2) is 5.16 Å². The van der Waals surface area contributed by atoms with Crippen LogP contribution in [0.2, 0.25) is 0 Å². The van der Waals surface area contributed by atoms with Crippen molar-refractivity contribution in [2.75, 3.05) is 12.0 Å². The third-order valence-electron chi connectivity index (χ3n) is 2.22. The van der Waals surface area contributed by atoms with Gasteiger partial charge in [-0.25, -0.2) is 13.8 Å². The minimum Gasteiger partial charge on any atom is -0.368 e. The lowest BCUT2D eigenvalue weighted by Crippen LogP contribution is -2.05. The number of thioether (sulfide) groups is 1. The van der Waals surface area contributed by atoms with Gasteiger partial charge < -0.3 is 5.73 Å². The molecule has 0 aliphatic rings. The van der Waals surface area contributed by atoms with E-state index in [0.717, 1.165) is 6.07 Å². The Morgan fingerprint density at radius 3 is 2.67 bits per heavy atom. The van der Waals surface area contributed by atoms with Crippen LogP contribution in [0.5, 0.6) is 0 Å². The first-order valence-corrected chi connectivity index (χ1v) is 6.29. The van der Waals surface area contributed by atoms with E-state index in [-0.39, 0.29) is 12.4 Å². The van der Waals surface area contributed by atoms with Crippen molar-refractivity contribution >= 4 is 17.7 Å². The van der Waals surface area contributed by atoms with Crippen LogP contribution >= 0.6 is 11.8 Å². The third-order valence-corrected chi connectivity index (χ3v) is 2.77. The molecule has 0 radical (unpaired) electrons. The molecule has 0 unspecified atom stereocenters. The molecule has 2 N–H and O–H groups in total. The number of anilines is 1. The SMILES string of the molecule is CSc1nc(N)nc(Cc2ccc(F)cc2F)n1. The molecule has 2 aromatic rings. The Hall–Kier alpha value is -1.76. The van der Waals surface area contributed by atoms with Crippen molar-refractivity contribution in [3.8, 4) is 0 Å². The molecule has 0 saturated carbocycles. The molecule has 0 aliphatic carbocycles. The van der Waals surface area contributed by atoms with Gasteiger partial charge >= 0.3 is 0 Å². The normalized spacial score (nSPS) is 10.6. The fourth-order valence-electron chi connectivity index (χ4n) is 1.42. The maximum atomic E-state index is 13.5. The summed E-state index contributed by atoms with van der Waals surface area (Å²) in [4.78, 5) is 11.9. The number of hydrogen-bond donors (Lipinski definition) is 1. The second-order valence-electron chi connectivity index (χ2n) is 3.51. The van der Waals surface area contributed by atoms with Crippen LogP contribution in [-0.2, 0) is 6.42 Å². The topological polar surface area (TPSA) is 64.7 Å². The molecule has 0 atom stereocenters. The minimum atomic E-state index is -0.625. The molecular weight excluding hydrogens is 258 g/mol. The summed E-state index contributed by atoms with van der Waals surface area (Å²) >= 11 is 1.32. The van der Waals surface area contributed by atoms with E-state index in [2.05, 4.69) is 15.0 Å². The summed E-state index contributed by atoms with van der Waals surface area (Å²) in [5, 5.41) is 0.472. The molecule has 0 bridgehead atoms. The van der Waals surface area contributed by atoms with E-state index in [1.807, 2.05) is 0 Å². The minimum absolute atomic E-state index is 0.0897.